The van der Waals surface area contributed by atoms with E-state index in [-0.39, 0.29) is 18.2 Å². The maximum absolute atomic E-state index is 6.55. The number of rotatable bonds is 2. The zero-order chi connectivity index (χ0) is 19.9. The van der Waals surface area contributed by atoms with Gasteiger partial charge in [-0.05, 0) is 0 Å². The summed E-state index contributed by atoms with van der Waals surface area (Å²) in [6.45, 7) is 6.61. The van der Waals surface area contributed by atoms with E-state index in [0.717, 1.165) is 0 Å². The fourth-order valence-electron chi connectivity index (χ4n) is 4.82. The molecule has 28 heavy (non-hydrogen) atoms. The maximum atomic E-state index is 6.55. The second-order valence-electron chi connectivity index (χ2n) is 8.53. The Morgan fingerprint density at radius 1 is 0.786 bits per heavy atom. The summed E-state index contributed by atoms with van der Waals surface area (Å²) in [5.41, 5.74) is 5.29. The first-order valence-corrected chi connectivity index (χ1v) is 13.7. The van der Waals surface area contributed by atoms with Crippen LogP contribution in [-0.2, 0) is 18.2 Å². The van der Waals surface area contributed by atoms with Crippen molar-refractivity contribution in [1.82, 2.24) is 9.13 Å². The fourth-order valence-corrected chi connectivity index (χ4v) is 6.43. The average molecular weight is 496 g/mol. The van der Waals surface area contributed by atoms with E-state index >= 15 is 0 Å². The van der Waals surface area contributed by atoms with Crippen molar-refractivity contribution in [2.24, 2.45) is 0 Å². The Balaban J connectivity index is 1.91. The van der Waals surface area contributed by atoms with E-state index in [1.54, 1.807) is 0 Å². The first-order valence-electron chi connectivity index (χ1n) is 11.0. The number of benzene rings is 1. The van der Waals surface area contributed by atoms with Gasteiger partial charge in [-0.25, -0.2) is 0 Å². The number of hydrogen-bond acceptors (Lipinski definition) is 0. The SMILES string of the molecule is Cc1cc(C)c(-n2ccn(C3CCCCCCCCCCC3)[c]2=[Ag][Cl])c(C)c1. The molecule has 0 amide bonds. The summed E-state index contributed by atoms with van der Waals surface area (Å²) in [5, 5.41) is 0. The van der Waals surface area contributed by atoms with Crippen LogP contribution in [0.4, 0.5) is 0 Å². The van der Waals surface area contributed by atoms with Gasteiger partial charge in [-0.3, -0.25) is 0 Å². The summed E-state index contributed by atoms with van der Waals surface area (Å²) in [6, 6.07) is 5.15. The molecule has 1 heterocycles. The molecule has 0 atom stereocenters. The number of aromatic nitrogens is 2. The normalized spacial score (nSPS) is 19.2. The van der Waals surface area contributed by atoms with Gasteiger partial charge in [0.1, 0.15) is 0 Å². The van der Waals surface area contributed by atoms with Crippen LogP contribution in [-0.4, -0.2) is 9.13 Å². The molecule has 0 saturated heterocycles. The van der Waals surface area contributed by atoms with Crippen LogP contribution in [0, 0.1) is 24.4 Å². The van der Waals surface area contributed by atoms with Crippen LogP contribution in [0.1, 0.15) is 93.4 Å². The topological polar surface area (TPSA) is 9.86 Å². The minimum atomic E-state index is 0.259. The molecule has 1 fully saturated rings. The van der Waals surface area contributed by atoms with Crippen molar-refractivity contribution in [2.45, 2.75) is 97.4 Å². The van der Waals surface area contributed by atoms with Crippen molar-refractivity contribution in [3.8, 4) is 5.69 Å². The van der Waals surface area contributed by atoms with Crippen LogP contribution in [0.25, 0.3) is 5.69 Å². The van der Waals surface area contributed by atoms with Crippen molar-refractivity contribution < 1.29 is 18.2 Å². The van der Waals surface area contributed by atoms with E-state index in [1.807, 2.05) is 0 Å². The molecular formula is C24H36AgClN2. The first-order chi connectivity index (χ1) is 13.6. The van der Waals surface area contributed by atoms with Gasteiger partial charge in [-0.1, -0.05) is 0 Å². The summed E-state index contributed by atoms with van der Waals surface area (Å²) in [7, 11) is 6.55. The van der Waals surface area contributed by atoms with E-state index in [0.29, 0.717) is 6.04 Å². The van der Waals surface area contributed by atoms with Gasteiger partial charge in [0.2, 0.25) is 0 Å². The van der Waals surface area contributed by atoms with E-state index in [2.05, 4.69) is 54.4 Å². The number of nitrogens with zero attached hydrogens (tertiary/aromatic N) is 2. The molecule has 0 N–H and O–H groups in total. The second-order valence-corrected chi connectivity index (χ2v) is 10.1. The molecule has 0 radical (unpaired) electrons. The number of hydrogen-bond donors (Lipinski definition) is 0. The summed E-state index contributed by atoms with van der Waals surface area (Å²) in [6.07, 6.45) is 19.7. The van der Waals surface area contributed by atoms with Crippen molar-refractivity contribution in [1.29, 1.82) is 0 Å². The first kappa shape index (κ1) is 22.2. The molecule has 0 bridgehead atoms. The molecule has 2 nitrogen and oxygen atoms in total. The van der Waals surface area contributed by atoms with Crippen LogP contribution in [0.3, 0.4) is 0 Å². The zero-order valence-corrected chi connectivity index (χ0v) is 20.0. The molecule has 3 rings (SSSR count). The Kier molecular flexibility index (Phi) is 8.71. The number of imidazole rings is 1. The van der Waals surface area contributed by atoms with Crippen molar-refractivity contribution in [3.63, 3.8) is 0 Å². The predicted octanol–water partition coefficient (Wildman–Crippen LogP) is 7.82. The Morgan fingerprint density at radius 3 is 1.79 bits per heavy atom. The van der Waals surface area contributed by atoms with Crippen LogP contribution < -0.4 is 0 Å². The van der Waals surface area contributed by atoms with E-state index in [9.17, 15) is 0 Å². The molecule has 1 aromatic carbocycles. The van der Waals surface area contributed by atoms with Crippen LogP contribution in [0.5, 0.6) is 0 Å². The zero-order valence-electron chi connectivity index (χ0n) is 17.7. The third-order valence-electron chi connectivity index (χ3n) is 6.15. The molecule has 4 heteroatoms. The van der Waals surface area contributed by atoms with Crippen molar-refractivity contribution in [2.75, 3.05) is 0 Å². The second kappa shape index (κ2) is 11.0. The quantitative estimate of drug-likeness (QED) is 0.376. The third kappa shape index (κ3) is 5.54. The molecule has 0 aliphatic heterocycles. The molecule has 1 aliphatic carbocycles. The monoisotopic (exact) mass is 494 g/mol. The Morgan fingerprint density at radius 2 is 1.29 bits per heavy atom. The van der Waals surface area contributed by atoms with Crippen LogP contribution in [0.2, 0.25) is 0 Å². The van der Waals surface area contributed by atoms with Gasteiger partial charge in [0.25, 0.3) is 0 Å². The minimum absolute atomic E-state index is 0.259. The molecule has 1 aromatic heterocycles. The molecular weight excluding hydrogens is 460 g/mol. The Hall–Kier alpha value is -0.540. The van der Waals surface area contributed by atoms with Gasteiger partial charge in [0.05, 0.1) is 0 Å². The molecule has 1 aliphatic rings. The summed E-state index contributed by atoms with van der Waals surface area (Å²) >= 11 is 0.259. The van der Waals surface area contributed by atoms with Gasteiger partial charge in [-0.15, -0.1) is 0 Å². The van der Waals surface area contributed by atoms with Crippen molar-refractivity contribution in [3.05, 3.63) is 44.8 Å². The molecule has 2 aromatic rings. The van der Waals surface area contributed by atoms with Gasteiger partial charge < -0.3 is 0 Å². The summed E-state index contributed by atoms with van der Waals surface area (Å²) in [4.78, 5) is 0. The molecule has 160 valence electrons. The van der Waals surface area contributed by atoms with E-state index < -0.39 is 0 Å². The molecule has 1 saturated carbocycles. The number of halogens is 1. The average Bonchev–Trinajstić information content (AvgIpc) is 3.05. The standard InChI is InChI=1S/C24H36N2.Ag.ClH/c1-20-17-21(2)24(22(3)18-20)26-16-15-25(19-26)23-13-11-9-7-5-4-6-8-10-12-14-23;;/h15-18,23H,4-14H2,1-3H3;;1H/q;+1;/p-1. The van der Waals surface area contributed by atoms with E-state index in [1.165, 1.54) is 96.6 Å². The molecule has 0 spiro atoms. The van der Waals surface area contributed by atoms with Crippen LogP contribution in [0.15, 0.2) is 24.5 Å². The van der Waals surface area contributed by atoms with Gasteiger partial charge in [-0.2, -0.15) is 0 Å². The number of aryl methyl sites for hydroxylation is 3. The summed E-state index contributed by atoms with van der Waals surface area (Å²) < 4.78 is 6.13. The van der Waals surface area contributed by atoms with Gasteiger partial charge in [0, 0.05) is 0 Å². The molecule has 0 unspecified atom stereocenters. The Bertz CT molecular complexity index is 798. The van der Waals surface area contributed by atoms with Gasteiger partial charge >= 0.3 is 185 Å². The van der Waals surface area contributed by atoms with E-state index in [4.69, 9.17) is 9.19 Å². The van der Waals surface area contributed by atoms with Crippen LogP contribution >= 0.6 is 9.19 Å². The Labute approximate surface area is 184 Å². The third-order valence-corrected chi connectivity index (χ3v) is 7.74. The predicted molar refractivity (Wildman–Crippen MR) is 117 cm³/mol. The van der Waals surface area contributed by atoms with Gasteiger partial charge in [0.15, 0.2) is 0 Å². The summed E-state index contributed by atoms with van der Waals surface area (Å²) in [5.74, 6) is 0. The fraction of sp³-hybridized carbons (Fsp3) is 0.625. The van der Waals surface area contributed by atoms with Crippen molar-refractivity contribution >= 4 is 9.19 Å².